The van der Waals surface area contributed by atoms with Crippen LogP contribution >= 0.6 is 0 Å². The van der Waals surface area contributed by atoms with Crippen molar-refractivity contribution >= 4 is 5.91 Å². The molecular formula is C16H14N2O. The van der Waals surface area contributed by atoms with Gasteiger partial charge in [-0.25, -0.2) is 0 Å². The molecule has 0 bridgehead atoms. The maximum atomic E-state index is 11.9. The molecule has 1 amide bonds. The lowest BCUT2D eigenvalue weighted by atomic mass is 10.1. The van der Waals surface area contributed by atoms with Crippen LogP contribution in [0.3, 0.4) is 0 Å². The molecule has 0 heterocycles. The first-order valence-electron chi connectivity index (χ1n) is 6.03. The number of aryl methyl sites for hydroxylation is 1. The number of benzene rings is 2. The Kier molecular flexibility index (Phi) is 3.94. The van der Waals surface area contributed by atoms with Gasteiger partial charge in [0.05, 0.1) is 11.6 Å². The lowest BCUT2D eigenvalue weighted by Crippen LogP contribution is -2.23. The molecule has 0 aliphatic carbocycles. The zero-order chi connectivity index (χ0) is 13.7. The van der Waals surface area contributed by atoms with Gasteiger partial charge in [0.25, 0.3) is 5.91 Å². The topological polar surface area (TPSA) is 52.9 Å². The number of rotatable bonds is 3. The molecule has 0 radical (unpaired) electrons. The first kappa shape index (κ1) is 12.8. The molecular weight excluding hydrogens is 236 g/mol. The molecule has 2 aromatic carbocycles. The zero-order valence-electron chi connectivity index (χ0n) is 10.7. The van der Waals surface area contributed by atoms with Crippen LogP contribution < -0.4 is 5.32 Å². The molecule has 2 rings (SSSR count). The van der Waals surface area contributed by atoms with Gasteiger partial charge in [0, 0.05) is 12.1 Å². The molecule has 0 spiro atoms. The largest absolute Gasteiger partial charge is 0.348 e. The molecule has 0 aromatic heterocycles. The normalized spacial score (nSPS) is 9.68. The fourth-order valence-corrected chi connectivity index (χ4v) is 1.78. The van der Waals surface area contributed by atoms with Crippen molar-refractivity contribution in [2.45, 2.75) is 13.5 Å². The standard InChI is InChI=1S/C16H14N2O/c1-12-4-2-3-5-15(12)11-18-16(19)14-8-6-13(10-17)7-9-14/h2-9H,11H2,1H3,(H,18,19). The van der Waals surface area contributed by atoms with Crippen molar-refractivity contribution in [3.05, 3.63) is 70.8 Å². The number of amides is 1. The minimum absolute atomic E-state index is 0.132. The molecule has 19 heavy (non-hydrogen) atoms. The highest BCUT2D eigenvalue weighted by molar-refractivity contribution is 5.94. The molecule has 0 aliphatic rings. The van der Waals surface area contributed by atoms with Crippen molar-refractivity contribution in [2.75, 3.05) is 0 Å². The lowest BCUT2D eigenvalue weighted by Gasteiger charge is -2.07. The number of nitrogens with zero attached hydrogens (tertiary/aromatic N) is 1. The van der Waals surface area contributed by atoms with Crippen LogP contribution in [0.15, 0.2) is 48.5 Å². The Hall–Kier alpha value is -2.60. The van der Waals surface area contributed by atoms with Crippen molar-refractivity contribution in [2.24, 2.45) is 0 Å². The van der Waals surface area contributed by atoms with Gasteiger partial charge in [-0.3, -0.25) is 4.79 Å². The SMILES string of the molecule is Cc1ccccc1CNC(=O)c1ccc(C#N)cc1. The highest BCUT2D eigenvalue weighted by Gasteiger charge is 2.05. The molecule has 0 unspecified atom stereocenters. The Morgan fingerprint density at radius 3 is 2.47 bits per heavy atom. The monoisotopic (exact) mass is 250 g/mol. The molecule has 1 N–H and O–H groups in total. The van der Waals surface area contributed by atoms with Crippen LogP contribution in [0.1, 0.15) is 27.0 Å². The first-order chi connectivity index (χ1) is 9.20. The van der Waals surface area contributed by atoms with Gasteiger partial charge in [-0.05, 0) is 42.3 Å². The number of hydrogen-bond acceptors (Lipinski definition) is 2. The van der Waals surface area contributed by atoms with E-state index in [9.17, 15) is 4.79 Å². The minimum atomic E-state index is -0.132. The van der Waals surface area contributed by atoms with Crippen LogP contribution in [0.5, 0.6) is 0 Å². The van der Waals surface area contributed by atoms with Gasteiger partial charge in [-0.1, -0.05) is 24.3 Å². The van der Waals surface area contributed by atoms with E-state index >= 15 is 0 Å². The minimum Gasteiger partial charge on any atom is -0.348 e. The summed E-state index contributed by atoms with van der Waals surface area (Å²) in [7, 11) is 0. The molecule has 0 atom stereocenters. The molecule has 0 saturated heterocycles. The summed E-state index contributed by atoms with van der Waals surface area (Å²) in [6, 6.07) is 16.6. The van der Waals surface area contributed by atoms with Crippen molar-refractivity contribution < 1.29 is 4.79 Å². The third kappa shape index (κ3) is 3.20. The highest BCUT2D eigenvalue weighted by Crippen LogP contribution is 2.07. The summed E-state index contributed by atoms with van der Waals surface area (Å²) in [6.07, 6.45) is 0. The molecule has 0 saturated carbocycles. The van der Waals surface area contributed by atoms with Gasteiger partial charge in [0.1, 0.15) is 0 Å². The summed E-state index contributed by atoms with van der Waals surface area (Å²) in [6.45, 7) is 2.52. The average molecular weight is 250 g/mol. The van der Waals surface area contributed by atoms with Gasteiger partial charge in [0.15, 0.2) is 0 Å². The van der Waals surface area contributed by atoms with E-state index in [-0.39, 0.29) is 5.91 Å². The fraction of sp³-hybridized carbons (Fsp3) is 0.125. The molecule has 94 valence electrons. The predicted molar refractivity (Wildman–Crippen MR) is 73.5 cm³/mol. The van der Waals surface area contributed by atoms with Crippen LogP contribution in [0.4, 0.5) is 0 Å². The van der Waals surface area contributed by atoms with Crippen LogP contribution in [-0.4, -0.2) is 5.91 Å². The van der Waals surface area contributed by atoms with Crippen LogP contribution in [0, 0.1) is 18.3 Å². The number of nitriles is 1. The fourth-order valence-electron chi connectivity index (χ4n) is 1.78. The van der Waals surface area contributed by atoms with Gasteiger partial charge >= 0.3 is 0 Å². The number of nitrogens with one attached hydrogen (secondary N) is 1. The number of hydrogen-bond donors (Lipinski definition) is 1. The van der Waals surface area contributed by atoms with Crippen molar-refractivity contribution in [1.82, 2.24) is 5.32 Å². The van der Waals surface area contributed by atoms with Crippen LogP contribution in [0.2, 0.25) is 0 Å². The van der Waals surface area contributed by atoms with E-state index in [0.717, 1.165) is 11.1 Å². The molecule has 0 aliphatic heterocycles. The van der Waals surface area contributed by atoms with Gasteiger partial charge in [-0.15, -0.1) is 0 Å². The van der Waals surface area contributed by atoms with Crippen molar-refractivity contribution in [1.29, 1.82) is 5.26 Å². The second-order valence-electron chi connectivity index (χ2n) is 4.30. The summed E-state index contributed by atoms with van der Waals surface area (Å²) >= 11 is 0. The Bertz CT molecular complexity index is 624. The maximum Gasteiger partial charge on any atom is 0.251 e. The Morgan fingerprint density at radius 1 is 1.16 bits per heavy atom. The average Bonchev–Trinajstić information content (AvgIpc) is 2.46. The smallest absolute Gasteiger partial charge is 0.251 e. The second kappa shape index (κ2) is 5.83. The van der Waals surface area contributed by atoms with E-state index < -0.39 is 0 Å². The van der Waals surface area contributed by atoms with E-state index in [1.807, 2.05) is 37.3 Å². The quantitative estimate of drug-likeness (QED) is 0.910. The van der Waals surface area contributed by atoms with E-state index in [1.165, 1.54) is 0 Å². The zero-order valence-corrected chi connectivity index (χ0v) is 10.7. The Morgan fingerprint density at radius 2 is 1.84 bits per heavy atom. The van der Waals surface area contributed by atoms with E-state index in [1.54, 1.807) is 24.3 Å². The van der Waals surface area contributed by atoms with Gasteiger partial charge in [0.2, 0.25) is 0 Å². The van der Waals surface area contributed by atoms with Gasteiger partial charge < -0.3 is 5.32 Å². The number of carbonyl (C=O) groups is 1. The second-order valence-corrected chi connectivity index (χ2v) is 4.30. The maximum absolute atomic E-state index is 11.9. The Balaban J connectivity index is 2.02. The summed E-state index contributed by atoms with van der Waals surface area (Å²) in [5.41, 5.74) is 3.37. The summed E-state index contributed by atoms with van der Waals surface area (Å²) < 4.78 is 0. The van der Waals surface area contributed by atoms with E-state index in [2.05, 4.69) is 5.32 Å². The van der Waals surface area contributed by atoms with Crippen molar-refractivity contribution in [3.8, 4) is 6.07 Å². The summed E-state index contributed by atoms with van der Waals surface area (Å²) in [4.78, 5) is 11.9. The van der Waals surface area contributed by atoms with E-state index in [0.29, 0.717) is 17.7 Å². The highest BCUT2D eigenvalue weighted by atomic mass is 16.1. The summed E-state index contributed by atoms with van der Waals surface area (Å²) in [5.74, 6) is -0.132. The van der Waals surface area contributed by atoms with Crippen molar-refractivity contribution in [3.63, 3.8) is 0 Å². The molecule has 3 nitrogen and oxygen atoms in total. The summed E-state index contributed by atoms with van der Waals surface area (Å²) in [5, 5.41) is 11.6. The number of carbonyl (C=O) groups excluding carboxylic acids is 1. The van der Waals surface area contributed by atoms with Crippen LogP contribution in [-0.2, 0) is 6.54 Å². The lowest BCUT2D eigenvalue weighted by molar-refractivity contribution is 0.0951. The van der Waals surface area contributed by atoms with Crippen LogP contribution in [0.25, 0.3) is 0 Å². The third-order valence-electron chi connectivity index (χ3n) is 2.98. The third-order valence-corrected chi connectivity index (χ3v) is 2.98. The van der Waals surface area contributed by atoms with Gasteiger partial charge in [-0.2, -0.15) is 5.26 Å². The molecule has 2 aromatic rings. The predicted octanol–water partition coefficient (Wildman–Crippen LogP) is 2.80. The molecule has 3 heteroatoms. The first-order valence-corrected chi connectivity index (χ1v) is 6.03. The Labute approximate surface area is 112 Å². The van der Waals surface area contributed by atoms with E-state index in [4.69, 9.17) is 5.26 Å². The molecule has 0 fully saturated rings.